The van der Waals surface area contributed by atoms with E-state index in [-0.39, 0.29) is 12.5 Å². The van der Waals surface area contributed by atoms with E-state index in [4.69, 9.17) is 9.05 Å². The normalized spacial score (nSPS) is 10.9. The van der Waals surface area contributed by atoms with Crippen molar-refractivity contribution in [2.75, 3.05) is 0 Å². The van der Waals surface area contributed by atoms with Crippen molar-refractivity contribution >= 4 is 17.2 Å². The van der Waals surface area contributed by atoms with Gasteiger partial charge in [0, 0.05) is 6.07 Å². The summed E-state index contributed by atoms with van der Waals surface area (Å²) < 4.78 is 10.0. The standard InChI is InChI=1S/C13H13N5O3S/c1-6-4-9(17-20-6)12-16-10(21-18-12)5-14-13(19)11-7(2)15-8(3)22-11/h4H,5H2,1-3H3,(H,14,19). The Bertz CT molecular complexity index is 819. The smallest absolute Gasteiger partial charge is 0.263 e. The fraction of sp³-hybridized carbons (Fsp3) is 0.308. The quantitative estimate of drug-likeness (QED) is 0.784. The topological polar surface area (TPSA) is 107 Å². The summed E-state index contributed by atoms with van der Waals surface area (Å²) in [6, 6.07) is 1.71. The van der Waals surface area contributed by atoms with Crippen molar-refractivity contribution in [3.05, 3.63) is 33.3 Å². The van der Waals surface area contributed by atoms with Gasteiger partial charge >= 0.3 is 0 Å². The van der Waals surface area contributed by atoms with Crippen LogP contribution in [0.2, 0.25) is 0 Å². The third kappa shape index (κ3) is 2.89. The van der Waals surface area contributed by atoms with Crippen molar-refractivity contribution in [2.45, 2.75) is 27.3 Å². The van der Waals surface area contributed by atoms with Gasteiger partial charge in [0.15, 0.2) is 5.69 Å². The zero-order valence-corrected chi connectivity index (χ0v) is 13.0. The minimum absolute atomic E-state index is 0.138. The zero-order chi connectivity index (χ0) is 15.7. The summed E-state index contributed by atoms with van der Waals surface area (Å²) in [4.78, 5) is 21.0. The number of nitrogens with one attached hydrogen (secondary N) is 1. The maximum atomic E-state index is 12.1. The number of rotatable bonds is 4. The Morgan fingerprint density at radius 1 is 1.23 bits per heavy atom. The van der Waals surface area contributed by atoms with Crippen LogP contribution in [-0.4, -0.2) is 26.2 Å². The average molecular weight is 319 g/mol. The molecule has 3 aromatic rings. The van der Waals surface area contributed by atoms with Crippen LogP contribution in [0.5, 0.6) is 0 Å². The highest BCUT2D eigenvalue weighted by Crippen LogP contribution is 2.17. The number of thiazole rings is 1. The van der Waals surface area contributed by atoms with Crippen molar-refractivity contribution in [1.82, 2.24) is 25.6 Å². The first-order valence-electron chi connectivity index (χ1n) is 6.51. The largest absolute Gasteiger partial charge is 0.361 e. The molecule has 0 atom stereocenters. The molecule has 22 heavy (non-hydrogen) atoms. The van der Waals surface area contributed by atoms with E-state index in [1.807, 2.05) is 6.92 Å². The molecule has 9 heteroatoms. The van der Waals surface area contributed by atoms with Crippen LogP contribution in [0, 0.1) is 20.8 Å². The number of amides is 1. The average Bonchev–Trinajstić information content (AvgIpc) is 3.16. The molecule has 3 aromatic heterocycles. The van der Waals surface area contributed by atoms with E-state index < -0.39 is 0 Å². The van der Waals surface area contributed by atoms with E-state index in [0.717, 1.165) is 5.01 Å². The summed E-state index contributed by atoms with van der Waals surface area (Å²) in [6.45, 7) is 5.57. The molecule has 0 aliphatic carbocycles. The lowest BCUT2D eigenvalue weighted by Crippen LogP contribution is -2.22. The second-order valence-corrected chi connectivity index (χ2v) is 5.87. The maximum Gasteiger partial charge on any atom is 0.263 e. The molecule has 0 spiro atoms. The molecule has 0 unspecified atom stereocenters. The fourth-order valence-corrected chi connectivity index (χ4v) is 2.72. The van der Waals surface area contributed by atoms with Gasteiger partial charge < -0.3 is 14.4 Å². The van der Waals surface area contributed by atoms with E-state index >= 15 is 0 Å². The van der Waals surface area contributed by atoms with Crippen LogP contribution in [0.25, 0.3) is 11.5 Å². The second kappa shape index (κ2) is 5.68. The number of hydrogen-bond acceptors (Lipinski definition) is 8. The van der Waals surface area contributed by atoms with Gasteiger partial charge in [-0.2, -0.15) is 4.98 Å². The molecule has 0 saturated carbocycles. The van der Waals surface area contributed by atoms with Crippen molar-refractivity contribution in [3.63, 3.8) is 0 Å². The van der Waals surface area contributed by atoms with E-state index in [2.05, 4.69) is 25.6 Å². The van der Waals surface area contributed by atoms with Crippen LogP contribution < -0.4 is 5.32 Å². The molecule has 0 aliphatic heterocycles. The molecule has 114 valence electrons. The van der Waals surface area contributed by atoms with Crippen LogP contribution in [0.15, 0.2) is 15.1 Å². The Balaban J connectivity index is 1.66. The van der Waals surface area contributed by atoms with Crippen molar-refractivity contribution in [3.8, 4) is 11.5 Å². The van der Waals surface area contributed by atoms with Crippen LogP contribution in [-0.2, 0) is 6.54 Å². The van der Waals surface area contributed by atoms with Crippen LogP contribution >= 0.6 is 11.3 Å². The number of hydrogen-bond donors (Lipinski definition) is 1. The van der Waals surface area contributed by atoms with Crippen LogP contribution in [0.4, 0.5) is 0 Å². The highest BCUT2D eigenvalue weighted by molar-refractivity contribution is 7.13. The first kappa shape index (κ1) is 14.4. The molecule has 1 N–H and O–H groups in total. The summed E-state index contributed by atoms with van der Waals surface area (Å²) >= 11 is 1.35. The molecule has 8 nitrogen and oxygen atoms in total. The van der Waals surface area contributed by atoms with E-state index in [0.29, 0.717) is 33.7 Å². The fourth-order valence-electron chi connectivity index (χ4n) is 1.88. The minimum atomic E-state index is -0.208. The maximum absolute atomic E-state index is 12.1. The molecule has 0 saturated heterocycles. The Kier molecular flexibility index (Phi) is 3.72. The first-order chi connectivity index (χ1) is 10.5. The lowest BCUT2D eigenvalue weighted by Gasteiger charge is -1.99. The SMILES string of the molecule is Cc1cc(-c2noc(CNC(=O)c3sc(C)nc3C)n2)no1. The summed E-state index contributed by atoms with van der Waals surface area (Å²) in [6.07, 6.45) is 0. The van der Waals surface area contributed by atoms with Gasteiger partial charge in [0.25, 0.3) is 5.91 Å². The molecule has 0 fully saturated rings. The number of carbonyl (C=O) groups excluding carboxylic acids is 1. The summed E-state index contributed by atoms with van der Waals surface area (Å²) in [5.41, 5.74) is 1.21. The van der Waals surface area contributed by atoms with Gasteiger partial charge in [-0.25, -0.2) is 4.98 Å². The zero-order valence-electron chi connectivity index (χ0n) is 12.2. The van der Waals surface area contributed by atoms with Gasteiger partial charge in [0.05, 0.1) is 17.2 Å². The Labute approximate surface area is 129 Å². The minimum Gasteiger partial charge on any atom is -0.361 e. The predicted molar refractivity (Wildman–Crippen MR) is 77.3 cm³/mol. The van der Waals surface area contributed by atoms with Gasteiger partial charge in [-0.05, 0) is 20.8 Å². The Hall–Kier alpha value is -2.55. The molecule has 0 aliphatic rings. The first-order valence-corrected chi connectivity index (χ1v) is 7.33. The molecular weight excluding hydrogens is 306 g/mol. The van der Waals surface area contributed by atoms with E-state index in [1.54, 1.807) is 19.9 Å². The molecule has 0 bridgehead atoms. The Morgan fingerprint density at radius 2 is 2.05 bits per heavy atom. The van der Waals surface area contributed by atoms with E-state index in [1.165, 1.54) is 11.3 Å². The predicted octanol–water partition coefficient (Wildman–Crippen LogP) is 2.04. The van der Waals surface area contributed by atoms with Crippen molar-refractivity contribution in [1.29, 1.82) is 0 Å². The molecule has 1 amide bonds. The number of carbonyl (C=O) groups is 1. The third-order valence-corrected chi connectivity index (χ3v) is 3.91. The van der Waals surface area contributed by atoms with E-state index in [9.17, 15) is 4.79 Å². The molecular formula is C13H13N5O3S. The lowest BCUT2D eigenvalue weighted by atomic mass is 10.3. The highest BCUT2D eigenvalue weighted by atomic mass is 32.1. The van der Waals surface area contributed by atoms with Crippen molar-refractivity contribution < 1.29 is 13.8 Å². The third-order valence-electron chi connectivity index (χ3n) is 2.84. The number of aromatic nitrogens is 4. The molecule has 0 radical (unpaired) electrons. The van der Waals surface area contributed by atoms with Gasteiger partial charge in [0.2, 0.25) is 11.7 Å². The van der Waals surface area contributed by atoms with Crippen molar-refractivity contribution in [2.24, 2.45) is 0 Å². The van der Waals surface area contributed by atoms with Gasteiger partial charge in [-0.1, -0.05) is 10.3 Å². The molecule has 0 aromatic carbocycles. The summed E-state index contributed by atoms with van der Waals surface area (Å²) in [5.74, 6) is 1.07. The monoisotopic (exact) mass is 319 g/mol. The second-order valence-electron chi connectivity index (χ2n) is 4.66. The highest BCUT2D eigenvalue weighted by Gasteiger charge is 2.16. The lowest BCUT2D eigenvalue weighted by molar-refractivity contribution is 0.0949. The number of aryl methyl sites for hydroxylation is 3. The van der Waals surface area contributed by atoms with Gasteiger partial charge in [-0.15, -0.1) is 11.3 Å². The molecule has 3 rings (SSSR count). The Morgan fingerprint density at radius 3 is 2.68 bits per heavy atom. The summed E-state index contributed by atoms with van der Waals surface area (Å²) in [5, 5.41) is 11.2. The molecule has 3 heterocycles. The van der Waals surface area contributed by atoms with Crippen LogP contribution in [0.3, 0.4) is 0 Å². The van der Waals surface area contributed by atoms with Crippen LogP contribution in [0.1, 0.15) is 32.0 Å². The van der Waals surface area contributed by atoms with Gasteiger partial charge in [-0.3, -0.25) is 4.79 Å². The number of nitrogens with zero attached hydrogens (tertiary/aromatic N) is 4. The summed E-state index contributed by atoms with van der Waals surface area (Å²) in [7, 11) is 0. The van der Waals surface area contributed by atoms with Gasteiger partial charge in [0.1, 0.15) is 10.6 Å².